The molecule has 0 amide bonds. The maximum absolute atomic E-state index is 10.4. The molecule has 5 fully saturated rings. The van der Waals surface area contributed by atoms with Gasteiger partial charge in [0.1, 0.15) is 0 Å². The Labute approximate surface area is 221 Å². The molecule has 2 heterocycles. The van der Waals surface area contributed by atoms with Gasteiger partial charge in [0.05, 0.1) is 17.8 Å². The van der Waals surface area contributed by atoms with Crippen LogP contribution in [0.4, 0.5) is 0 Å². The lowest BCUT2D eigenvalue weighted by atomic mass is 9.52. The van der Waals surface area contributed by atoms with Crippen molar-refractivity contribution in [3.63, 3.8) is 0 Å². The maximum Gasteiger partial charge on any atom is 0.0781 e. The molecule has 2 unspecified atom stereocenters. The molecule has 11 atom stereocenters. The van der Waals surface area contributed by atoms with Crippen molar-refractivity contribution in [2.75, 3.05) is 33.7 Å². The molecule has 2 bridgehead atoms. The Hall–Kier alpha value is -0.420. The molecule has 1 N–H and O–H groups in total. The van der Waals surface area contributed by atoms with Crippen molar-refractivity contribution in [1.29, 1.82) is 0 Å². The van der Waals surface area contributed by atoms with E-state index in [-0.39, 0.29) is 17.1 Å². The number of aliphatic hydroxyl groups excluding tert-OH is 1. The van der Waals surface area contributed by atoms with Gasteiger partial charge < -0.3 is 14.7 Å². The van der Waals surface area contributed by atoms with Crippen molar-refractivity contribution in [2.45, 2.75) is 116 Å². The molecule has 4 nitrogen and oxygen atoms in total. The van der Waals surface area contributed by atoms with E-state index in [1.54, 1.807) is 5.57 Å². The molecule has 2 saturated heterocycles. The Morgan fingerprint density at radius 2 is 1.89 bits per heavy atom. The molecule has 4 heteroatoms. The summed E-state index contributed by atoms with van der Waals surface area (Å²) in [6.45, 7) is 13.8. The van der Waals surface area contributed by atoms with Crippen molar-refractivity contribution in [3.05, 3.63) is 11.6 Å². The fourth-order valence-corrected chi connectivity index (χ4v) is 11.0. The van der Waals surface area contributed by atoms with Crippen molar-refractivity contribution in [3.8, 4) is 0 Å². The molecule has 1 spiro atoms. The van der Waals surface area contributed by atoms with Gasteiger partial charge in [-0.05, 0) is 113 Å². The number of allylic oxidation sites excluding steroid dienone is 1. The Balaban J connectivity index is 1.29. The highest BCUT2D eigenvalue weighted by Crippen LogP contribution is 2.67. The highest BCUT2D eigenvalue weighted by Gasteiger charge is 2.66. The fourth-order valence-electron chi connectivity index (χ4n) is 11.0. The zero-order valence-electron chi connectivity index (χ0n) is 24.1. The normalized spacial score (nSPS) is 52.9. The van der Waals surface area contributed by atoms with Gasteiger partial charge in [0.15, 0.2) is 0 Å². The Bertz CT molecular complexity index is 872. The van der Waals surface area contributed by atoms with E-state index < -0.39 is 0 Å². The first-order chi connectivity index (χ1) is 17.1. The topological polar surface area (TPSA) is 35.9 Å². The zero-order chi connectivity index (χ0) is 25.5. The van der Waals surface area contributed by atoms with E-state index in [9.17, 15) is 5.11 Å². The van der Waals surface area contributed by atoms with E-state index >= 15 is 0 Å². The molecule has 4 aliphatic carbocycles. The summed E-state index contributed by atoms with van der Waals surface area (Å²) in [4.78, 5) is 5.17. The van der Waals surface area contributed by atoms with Crippen LogP contribution in [0.3, 0.4) is 0 Å². The minimum Gasteiger partial charge on any atom is -0.389 e. The van der Waals surface area contributed by atoms with E-state index in [1.165, 1.54) is 70.9 Å². The number of fused-ring (bicyclic) bond motifs is 8. The smallest absolute Gasteiger partial charge is 0.0781 e. The highest BCUT2D eigenvalue weighted by atomic mass is 16.5. The Morgan fingerprint density at radius 3 is 2.67 bits per heavy atom. The van der Waals surface area contributed by atoms with Gasteiger partial charge in [0.2, 0.25) is 0 Å². The first-order valence-corrected chi connectivity index (χ1v) is 15.5. The van der Waals surface area contributed by atoms with Gasteiger partial charge in [-0.3, -0.25) is 4.90 Å². The summed E-state index contributed by atoms with van der Waals surface area (Å²) < 4.78 is 7.46. The second-order valence-electron chi connectivity index (χ2n) is 15.1. The number of ether oxygens (including phenoxy) is 1. The average molecular weight is 499 g/mol. The van der Waals surface area contributed by atoms with Crippen LogP contribution in [0.1, 0.15) is 91.9 Å². The van der Waals surface area contributed by atoms with E-state index in [2.05, 4.69) is 57.7 Å². The van der Waals surface area contributed by atoms with E-state index in [4.69, 9.17) is 4.74 Å². The van der Waals surface area contributed by atoms with Crippen molar-refractivity contribution >= 4 is 0 Å². The third kappa shape index (κ3) is 3.82. The van der Waals surface area contributed by atoms with E-state index in [0.29, 0.717) is 23.5 Å². The lowest BCUT2D eigenvalue weighted by Crippen LogP contribution is -2.57. The lowest BCUT2D eigenvalue weighted by Gasteiger charge is -2.55. The largest absolute Gasteiger partial charge is 0.389 e. The number of nitrogens with zero attached hydrogens (tertiary/aromatic N) is 2. The van der Waals surface area contributed by atoms with Crippen LogP contribution in [0.25, 0.3) is 0 Å². The second kappa shape index (κ2) is 9.07. The molecule has 204 valence electrons. The predicted octanol–water partition coefficient (Wildman–Crippen LogP) is 5.75. The quantitative estimate of drug-likeness (QED) is 0.503. The number of piperidine rings is 1. The van der Waals surface area contributed by atoms with Gasteiger partial charge >= 0.3 is 0 Å². The van der Waals surface area contributed by atoms with Gasteiger partial charge in [0.25, 0.3) is 0 Å². The summed E-state index contributed by atoms with van der Waals surface area (Å²) in [5, 5.41) is 10.4. The molecule has 36 heavy (non-hydrogen) atoms. The average Bonchev–Trinajstić information content (AvgIpc) is 3.03. The summed E-state index contributed by atoms with van der Waals surface area (Å²) in [7, 11) is 4.42. The standard InChI is InChI=1S/C32H54N2O2/c1-21-17-28-29(34(20-21)16-15-33(5)6)22(2)32(36-28)14-9-23-19-30(32,3)12-11-27-26(23)8-7-24-18-25(35)10-13-31(24,27)4/h18,21-23,25-29,35H,7-17,19-20H2,1-6H3/t21-,22+,23?,25-,26-,27-,28+,29-,30?,31-,32+/m0/s1. The molecular weight excluding hydrogens is 444 g/mol. The van der Waals surface area contributed by atoms with Crippen molar-refractivity contribution in [2.24, 2.45) is 40.4 Å². The van der Waals surface area contributed by atoms with Crippen LogP contribution < -0.4 is 0 Å². The number of hydrogen-bond acceptors (Lipinski definition) is 4. The van der Waals surface area contributed by atoms with Crippen LogP contribution in [0.15, 0.2) is 11.6 Å². The molecule has 0 aromatic carbocycles. The number of aliphatic hydroxyl groups is 1. The van der Waals surface area contributed by atoms with Crippen molar-refractivity contribution < 1.29 is 9.84 Å². The molecule has 0 radical (unpaired) electrons. The molecule has 0 aromatic rings. The lowest BCUT2D eigenvalue weighted by molar-refractivity contribution is -0.175. The summed E-state index contributed by atoms with van der Waals surface area (Å²) in [6, 6.07) is 0.590. The molecule has 3 saturated carbocycles. The first-order valence-electron chi connectivity index (χ1n) is 15.5. The van der Waals surface area contributed by atoms with Gasteiger partial charge in [-0.2, -0.15) is 0 Å². The maximum atomic E-state index is 10.4. The van der Waals surface area contributed by atoms with Crippen molar-refractivity contribution in [1.82, 2.24) is 9.80 Å². The number of rotatable bonds is 3. The SMILES string of the molecule is C[C@H]1C[C@H]2O[C@]3(CCC4CC3(C)CC[C@H]3[C@H]4CCC4=C[C@@H](O)CC[C@@]43C)[C@H](C)[C@@H]2N(CCN(C)C)C1. The van der Waals surface area contributed by atoms with Crippen LogP contribution in [-0.4, -0.2) is 72.5 Å². The van der Waals surface area contributed by atoms with E-state index in [1.807, 2.05) is 0 Å². The third-order valence-electron chi connectivity index (χ3n) is 12.8. The minimum absolute atomic E-state index is 0.0507. The monoisotopic (exact) mass is 498 g/mol. The summed E-state index contributed by atoms with van der Waals surface area (Å²) in [5.74, 6) is 3.86. The fraction of sp³-hybridized carbons (Fsp3) is 0.938. The Kier molecular flexibility index (Phi) is 6.51. The van der Waals surface area contributed by atoms with Crippen LogP contribution in [-0.2, 0) is 4.74 Å². The summed E-state index contributed by atoms with van der Waals surface area (Å²) >= 11 is 0. The number of hydrogen-bond donors (Lipinski definition) is 1. The van der Waals surface area contributed by atoms with Crippen LogP contribution in [0.5, 0.6) is 0 Å². The molecule has 6 rings (SSSR count). The van der Waals surface area contributed by atoms with Gasteiger partial charge in [-0.1, -0.05) is 39.3 Å². The summed E-state index contributed by atoms with van der Waals surface area (Å²) in [5.41, 5.74) is 2.25. The van der Waals surface area contributed by atoms with Gasteiger partial charge in [-0.15, -0.1) is 0 Å². The molecule has 6 aliphatic rings. The third-order valence-corrected chi connectivity index (χ3v) is 12.8. The first kappa shape index (κ1) is 25.8. The van der Waals surface area contributed by atoms with Crippen LogP contribution in [0, 0.1) is 40.4 Å². The zero-order valence-corrected chi connectivity index (χ0v) is 24.1. The van der Waals surface area contributed by atoms with Crippen LogP contribution >= 0.6 is 0 Å². The number of likely N-dealkylation sites (N-methyl/N-ethyl adjacent to an activating group) is 1. The van der Waals surface area contributed by atoms with Gasteiger partial charge in [-0.25, -0.2) is 0 Å². The molecular formula is C32H54N2O2. The van der Waals surface area contributed by atoms with Gasteiger partial charge in [0, 0.05) is 31.6 Å². The minimum atomic E-state index is -0.204. The molecule has 0 aromatic heterocycles. The van der Waals surface area contributed by atoms with Crippen LogP contribution in [0.2, 0.25) is 0 Å². The second-order valence-corrected chi connectivity index (χ2v) is 15.1. The van der Waals surface area contributed by atoms with E-state index in [0.717, 1.165) is 36.6 Å². The number of likely N-dealkylation sites (tertiary alicyclic amines) is 1. The Morgan fingerprint density at radius 1 is 1.08 bits per heavy atom. The predicted molar refractivity (Wildman–Crippen MR) is 147 cm³/mol. The summed E-state index contributed by atoms with van der Waals surface area (Å²) in [6.07, 6.45) is 15.1. The molecule has 2 aliphatic heterocycles. The highest BCUT2D eigenvalue weighted by molar-refractivity contribution is 5.25.